The van der Waals surface area contributed by atoms with Crippen LogP contribution in [0.3, 0.4) is 0 Å². The van der Waals surface area contributed by atoms with Gasteiger partial charge in [-0.25, -0.2) is 0 Å². The van der Waals surface area contributed by atoms with E-state index in [0.717, 1.165) is 33.5 Å². The van der Waals surface area contributed by atoms with Crippen molar-refractivity contribution in [3.63, 3.8) is 0 Å². The first kappa shape index (κ1) is 20.4. The number of aromatic hydroxyl groups is 3. The molecule has 0 unspecified atom stereocenters. The van der Waals surface area contributed by atoms with E-state index < -0.39 is 0 Å². The van der Waals surface area contributed by atoms with Crippen LogP contribution in [0.1, 0.15) is 22.3 Å². The monoisotopic (exact) mass is 435 g/mol. The SMILES string of the molecule is O=C1C(=C(c2ccc(O)cc2)c2ccc(O)cc2)c2ccccc2N1Cc1ccc(O)cc1. The number of phenolic OH excluding ortho intramolecular Hbond substituents is 3. The standard InChI is InChI=1S/C28H21NO4/c30-21-11-5-18(6-12-21)17-29-25-4-2-1-3-24(25)27(28(29)33)26(19-7-13-22(31)14-8-19)20-9-15-23(32)16-10-20/h1-16,30-32H,17H2. The third kappa shape index (κ3) is 3.81. The van der Waals surface area contributed by atoms with Crippen LogP contribution in [0.4, 0.5) is 5.69 Å². The molecule has 0 atom stereocenters. The highest BCUT2D eigenvalue weighted by molar-refractivity contribution is 6.38. The summed E-state index contributed by atoms with van der Waals surface area (Å²) < 4.78 is 0. The molecule has 1 aliphatic heterocycles. The normalized spacial score (nSPS) is 12.7. The predicted octanol–water partition coefficient (Wildman–Crippen LogP) is 5.31. The molecule has 162 valence electrons. The van der Waals surface area contributed by atoms with Gasteiger partial charge in [0.2, 0.25) is 0 Å². The van der Waals surface area contributed by atoms with Gasteiger partial charge in [-0.2, -0.15) is 0 Å². The fraction of sp³-hybridized carbons (Fsp3) is 0.0357. The van der Waals surface area contributed by atoms with E-state index in [-0.39, 0.29) is 23.2 Å². The molecule has 0 fully saturated rings. The highest BCUT2D eigenvalue weighted by Gasteiger charge is 2.35. The summed E-state index contributed by atoms with van der Waals surface area (Å²) in [5.41, 5.74) is 5.36. The quantitative estimate of drug-likeness (QED) is 0.380. The summed E-state index contributed by atoms with van der Waals surface area (Å²) in [6.45, 7) is 0.359. The lowest BCUT2D eigenvalue weighted by Gasteiger charge is -2.18. The van der Waals surface area contributed by atoms with E-state index in [1.54, 1.807) is 77.7 Å². The zero-order chi connectivity index (χ0) is 22.9. The average molecular weight is 435 g/mol. The van der Waals surface area contributed by atoms with Crippen LogP contribution in [-0.2, 0) is 11.3 Å². The van der Waals surface area contributed by atoms with Gasteiger partial charge in [0, 0.05) is 11.1 Å². The number of carbonyl (C=O) groups excluding carboxylic acids is 1. The summed E-state index contributed by atoms with van der Waals surface area (Å²) in [4.78, 5) is 15.6. The van der Waals surface area contributed by atoms with Crippen molar-refractivity contribution in [1.82, 2.24) is 0 Å². The molecule has 4 aromatic rings. The lowest BCUT2D eigenvalue weighted by Crippen LogP contribution is -2.26. The van der Waals surface area contributed by atoms with Crippen molar-refractivity contribution in [3.8, 4) is 17.2 Å². The van der Waals surface area contributed by atoms with Crippen LogP contribution >= 0.6 is 0 Å². The smallest absolute Gasteiger partial charge is 0.259 e. The molecule has 0 saturated heterocycles. The minimum Gasteiger partial charge on any atom is -0.508 e. The van der Waals surface area contributed by atoms with Crippen LogP contribution in [-0.4, -0.2) is 21.2 Å². The number of carbonyl (C=O) groups is 1. The van der Waals surface area contributed by atoms with Crippen molar-refractivity contribution in [2.24, 2.45) is 0 Å². The fourth-order valence-corrected chi connectivity index (χ4v) is 4.17. The molecule has 0 spiro atoms. The van der Waals surface area contributed by atoms with Crippen molar-refractivity contribution in [3.05, 3.63) is 119 Å². The predicted molar refractivity (Wildman–Crippen MR) is 128 cm³/mol. The molecule has 4 aromatic carbocycles. The Morgan fingerprint density at radius 1 is 0.636 bits per heavy atom. The molecule has 5 rings (SSSR count). The number of phenols is 3. The van der Waals surface area contributed by atoms with E-state index in [0.29, 0.717) is 12.1 Å². The Labute approximate surface area is 191 Å². The summed E-state index contributed by atoms with van der Waals surface area (Å²) in [7, 11) is 0. The molecule has 1 amide bonds. The average Bonchev–Trinajstić information content (AvgIpc) is 3.09. The van der Waals surface area contributed by atoms with Gasteiger partial charge in [0.15, 0.2) is 0 Å². The first-order chi connectivity index (χ1) is 16.0. The molecule has 0 saturated carbocycles. The highest BCUT2D eigenvalue weighted by atomic mass is 16.3. The summed E-state index contributed by atoms with van der Waals surface area (Å²) in [6.07, 6.45) is 0. The summed E-state index contributed by atoms with van der Waals surface area (Å²) in [6, 6.07) is 28.0. The minimum absolute atomic E-state index is 0.138. The van der Waals surface area contributed by atoms with Gasteiger partial charge in [-0.3, -0.25) is 4.79 Å². The number of amides is 1. The molecule has 0 radical (unpaired) electrons. The maximum absolute atomic E-state index is 13.9. The third-order valence-corrected chi connectivity index (χ3v) is 5.76. The van der Waals surface area contributed by atoms with Gasteiger partial charge in [0.05, 0.1) is 17.8 Å². The number of hydrogen-bond acceptors (Lipinski definition) is 4. The van der Waals surface area contributed by atoms with Gasteiger partial charge >= 0.3 is 0 Å². The molecule has 3 N–H and O–H groups in total. The minimum atomic E-state index is -0.138. The van der Waals surface area contributed by atoms with E-state index in [2.05, 4.69) is 0 Å². The fourth-order valence-electron chi connectivity index (χ4n) is 4.17. The van der Waals surface area contributed by atoms with Crippen molar-refractivity contribution >= 4 is 22.7 Å². The van der Waals surface area contributed by atoms with Crippen molar-refractivity contribution in [1.29, 1.82) is 0 Å². The van der Waals surface area contributed by atoms with Crippen LogP contribution in [0.5, 0.6) is 17.2 Å². The molecule has 0 bridgehead atoms. The molecule has 5 nitrogen and oxygen atoms in total. The van der Waals surface area contributed by atoms with E-state index in [1.165, 1.54) is 0 Å². The Morgan fingerprint density at radius 3 is 1.67 bits per heavy atom. The van der Waals surface area contributed by atoms with Crippen LogP contribution in [0.15, 0.2) is 97.1 Å². The second kappa shape index (κ2) is 8.20. The Balaban J connectivity index is 1.71. The summed E-state index contributed by atoms with van der Waals surface area (Å²) in [5, 5.41) is 29.2. The van der Waals surface area contributed by atoms with Gasteiger partial charge in [-0.1, -0.05) is 54.6 Å². The number of hydrogen-bond donors (Lipinski definition) is 3. The number of nitrogens with zero attached hydrogens (tertiary/aromatic N) is 1. The van der Waals surface area contributed by atoms with Crippen molar-refractivity contribution in [2.45, 2.75) is 6.54 Å². The molecule has 1 aliphatic rings. The number of benzene rings is 4. The third-order valence-electron chi connectivity index (χ3n) is 5.76. The van der Waals surface area contributed by atoms with Gasteiger partial charge in [-0.05, 0) is 59.2 Å². The number of para-hydroxylation sites is 1. The van der Waals surface area contributed by atoms with Crippen molar-refractivity contribution in [2.75, 3.05) is 4.90 Å². The first-order valence-electron chi connectivity index (χ1n) is 10.5. The summed E-state index contributed by atoms with van der Waals surface area (Å²) >= 11 is 0. The van der Waals surface area contributed by atoms with E-state index in [9.17, 15) is 20.1 Å². The zero-order valence-corrected chi connectivity index (χ0v) is 17.6. The van der Waals surface area contributed by atoms with Crippen LogP contribution in [0.2, 0.25) is 0 Å². The molecular weight excluding hydrogens is 414 g/mol. The molecule has 0 aliphatic carbocycles. The van der Waals surface area contributed by atoms with Gasteiger partial charge in [-0.15, -0.1) is 0 Å². The van der Waals surface area contributed by atoms with Crippen LogP contribution < -0.4 is 4.90 Å². The Hall–Kier alpha value is -4.51. The van der Waals surface area contributed by atoms with E-state index >= 15 is 0 Å². The number of fused-ring (bicyclic) bond motifs is 1. The van der Waals surface area contributed by atoms with Gasteiger partial charge in [0.1, 0.15) is 17.2 Å². The lowest BCUT2D eigenvalue weighted by molar-refractivity contribution is -0.113. The largest absolute Gasteiger partial charge is 0.508 e. The summed E-state index contributed by atoms with van der Waals surface area (Å²) in [5.74, 6) is 0.316. The van der Waals surface area contributed by atoms with E-state index in [1.807, 2.05) is 24.3 Å². The Bertz CT molecular complexity index is 1310. The topological polar surface area (TPSA) is 81.0 Å². The highest BCUT2D eigenvalue weighted by Crippen LogP contribution is 2.44. The maximum atomic E-state index is 13.9. The zero-order valence-electron chi connectivity index (χ0n) is 17.6. The molecule has 5 heteroatoms. The van der Waals surface area contributed by atoms with Gasteiger partial charge < -0.3 is 20.2 Å². The van der Waals surface area contributed by atoms with Crippen LogP contribution in [0.25, 0.3) is 11.1 Å². The first-order valence-corrected chi connectivity index (χ1v) is 10.5. The Morgan fingerprint density at radius 2 is 1.12 bits per heavy atom. The second-order valence-corrected chi connectivity index (χ2v) is 7.92. The lowest BCUT2D eigenvalue weighted by atomic mass is 9.90. The maximum Gasteiger partial charge on any atom is 0.259 e. The molecular formula is C28H21NO4. The van der Waals surface area contributed by atoms with Crippen molar-refractivity contribution < 1.29 is 20.1 Å². The van der Waals surface area contributed by atoms with Gasteiger partial charge in [0.25, 0.3) is 5.91 Å². The molecule has 33 heavy (non-hydrogen) atoms. The molecule has 0 aromatic heterocycles. The van der Waals surface area contributed by atoms with Crippen LogP contribution in [0, 0.1) is 0 Å². The second-order valence-electron chi connectivity index (χ2n) is 7.92. The number of anilines is 1. The Kier molecular flexibility index (Phi) is 5.07. The molecule has 1 heterocycles. The number of rotatable bonds is 4. The van der Waals surface area contributed by atoms with E-state index in [4.69, 9.17) is 0 Å².